The molecule has 100 valence electrons. The minimum Gasteiger partial charge on any atom is -0.494 e. The van der Waals surface area contributed by atoms with Crippen molar-refractivity contribution in [1.82, 2.24) is 9.55 Å². The van der Waals surface area contributed by atoms with Crippen molar-refractivity contribution in [3.05, 3.63) is 35.9 Å². The highest BCUT2D eigenvalue weighted by atomic mass is 19.1. The Morgan fingerprint density at radius 1 is 1.42 bits per heavy atom. The molecule has 0 unspecified atom stereocenters. The van der Waals surface area contributed by atoms with Crippen molar-refractivity contribution in [3.8, 4) is 5.75 Å². The van der Waals surface area contributed by atoms with E-state index in [4.69, 9.17) is 4.74 Å². The van der Waals surface area contributed by atoms with Crippen LogP contribution in [0.4, 0.5) is 16.0 Å². The van der Waals surface area contributed by atoms with Crippen LogP contribution in [-0.2, 0) is 0 Å². The molecule has 0 bridgehead atoms. The molecule has 5 heteroatoms. The number of methoxy groups -OCH3 is 1. The Hall–Kier alpha value is -2.04. The number of nitrogens with zero attached hydrogens (tertiary/aromatic N) is 2. The molecule has 0 atom stereocenters. The average Bonchev–Trinajstić information content (AvgIpc) is 3.15. The summed E-state index contributed by atoms with van der Waals surface area (Å²) >= 11 is 0. The first-order chi connectivity index (χ1) is 9.17. The number of nitrogens with one attached hydrogen (secondary N) is 1. The van der Waals surface area contributed by atoms with Crippen LogP contribution in [0.1, 0.15) is 24.6 Å². The second kappa shape index (κ2) is 4.57. The van der Waals surface area contributed by atoms with Crippen LogP contribution in [0.5, 0.6) is 5.75 Å². The van der Waals surface area contributed by atoms with Gasteiger partial charge in [0.2, 0.25) is 5.95 Å². The first-order valence-electron chi connectivity index (χ1n) is 6.33. The van der Waals surface area contributed by atoms with E-state index in [2.05, 4.69) is 14.9 Å². The fourth-order valence-electron chi connectivity index (χ4n) is 2.11. The number of anilines is 2. The predicted octanol–water partition coefficient (Wildman–Crippen LogP) is 3.42. The Morgan fingerprint density at radius 3 is 2.84 bits per heavy atom. The summed E-state index contributed by atoms with van der Waals surface area (Å²) in [5.74, 6) is 0.630. The Labute approximate surface area is 111 Å². The van der Waals surface area contributed by atoms with Gasteiger partial charge >= 0.3 is 0 Å². The summed E-state index contributed by atoms with van der Waals surface area (Å²) < 4.78 is 20.7. The largest absolute Gasteiger partial charge is 0.494 e. The van der Waals surface area contributed by atoms with E-state index in [0.717, 1.165) is 11.6 Å². The normalized spacial score (nSPS) is 14.5. The summed E-state index contributed by atoms with van der Waals surface area (Å²) in [5, 5.41) is 3.16. The first kappa shape index (κ1) is 12.0. The van der Waals surface area contributed by atoms with Gasteiger partial charge in [-0.05, 0) is 31.9 Å². The van der Waals surface area contributed by atoms with Crippen molar-refractivity contribution in [3.63, 3.8) is 0 Å². The maximum Gasteiger partial charge on any atom is 0.207 e. The third-order valence-electron chi connectivity index (χ3n) is 3.20. The van der Waals surface area contributed by atoms with Gasteiger partial charge in [-0.3, -0.25) is 0 Å². The zero-order valence-electron chi connectivity index (χ0n) is 11.0. The van der Waals surface area contributed by atoms with E-state index >= 15 is 0 Å². The minimum atomic E-state index is -0.381. The summed E-state index contributed by atoms with van der Waals surface area (Å²) in [5.41, 5.74) is 1.63. The summed E-state index contributed by atoms with van der Waals surface area (Å²) in [6, 6.07) is 5.34. The summed E-state index contributed by atoms with van der Waals surface area (Å²) in [4.78, 5) is 4.44. The van der Waals surface area contributed by atoms with Crippen LogP contribution in [0.3, 0.4) is 0 Å². The quantitative estimate of drug-likeness (QED) is 0.916. The molecular formula is C14H16FN3O. The molecule has 1 heterocycles. The molecule has 1 aromatic carbocycles. The van der Waals surface area contributed by atoms with Crippen LogP contribution >= 0.6 is 0 Å². The second-order valence-corrected chi connectivity index (χ2v) is 4.82. The van der Waals surface area contributed by atoms with Gasteiger partial charge in [0.15, 0.2) is 11.6 Å². The average molecular weight is 261 g/mol. The Bertz CT molecular complexity index is 605. The molecule has 0 saturated heterocycles. The van der Waals surface area contributed by atoms with Gasteiger partial charge in [0.25, 0.3) is 0 Å². The standard InChI is InChI=1S/C14H16FN3O/c1-9-8-18(11-4-5-11)14(16-9)17-10-3-6-13(19-2)12(15)7-10/h3,6-8,11H,4-5H2,1-2H3,(H,16,17). The van der Waals surface area contributed by atoms with E-state index in [1.165, 1.54) is 26.0 Å². The van der Waals surface area contributed by atoms with E-state index in [-0.39, 0.29) is 11.6 Å². The van der Waals surface area contributed by atoms with Gasteiger partial charge in [-0.25, -0.2) is 9.37 Å². The van der Waals surface area contributed by atoms with Crippen molar-refractivity contribution in [2.24, 2.45) is 0 Å². The molecule has 1 aliphatic carbocycles. The van der Waals surface area contributed by atoms with E-state index in [1.54, 1.807) is 12.1 Å². The number of hydrogen-bond acceptors (Lipinski definition) is 3. The summed E-state index contributed by atoms with van der Waals surface area (Å²) in [6.07, 6.45) is 4.39. The number of rotatable bonds is 4. The molecule has 1 aliphatic rings. The zero-order chi connectivity index (χ0) is 13.4. The third kappa shape index (κ3) is 2.41. The van der Waals surface area contributed by atoms with E-state index in [9.17, 15) is 4.39 Å². The Kier molecular flexibility index (Phi) is 2.89. The van der Waals surface area contributed by atoms with Crippen molar-refractivity contribution in [2.45, 2.75) is 25.8 Å². The van der Waals surface area contributed by atoms with Gasteiger partial charge in [0.05, 0.1) is 12.8 Å². The number of ether oxygens (including phenoxy) is 1. The number of hydrogen-bond donors (Lipinski definition) is 1. The predicted molar refractivity (Wildman–Crippen MR) is 71.5 cm³/mol. The van der Waals surface area contributed by atoms with Crippen LogP contribution in [0.25, 0.3) is 0 Å². The molecular weight excluding hydrogens is 245 g/mol. The number of halogens is 1. The van der Waals surface area contributed by atoms with Crippen molar-refractivity contribution in [1.29, 1.82) is 0 Å². The highest BCUT2D eigenvalue weighted by Gasteiger charge is 2.26. The number of imidazole rings is 1. The van der Waals surface area contributed by atoms with Crippen molar-refractivity contribution >= 4 is 11.6 Å². The van der Waals surface area contributed by atoms with E-state index in [1.807, 2.05) is 13.1 Å². The lowest BCUT2D eigenvalue weighted by atomic mass is 10.3. The molecule has 0 amide bonds. The lowest BCUT2D eigenvalue weighted by Gasteiger charge is -2.09. The lowest BCUT2D eigenvalue weighted by molar-refractivity contribution is 0.386. The lowest BCUT2D eigenvalue weighted by Crippen LogP contribution is -2.01. The smallest absolute Gasteiger partial charge is 0.207 e. The van der Waals surface area contributed by atoms with E-state index in [0.29, 0.717) is 11.7 Å². The Balaban J connectivity index is 1.86. The third-order valence-corrected chi connectivity index (χ3v) is 3.20. The van der Waals surface area contributed by atoms with Gasteiger partial charge in [-0.1, -0.05) is 0 Å². The number of benzene rings is 1. The molecule has 3 rings (SSSR count). The molecule has 1 saturated carbocycles. The Morgan fingerprint density at radius 2 is 2.21 bits per heavy atom. The van der Waals surface area contributed by atoms with Crippen LogP contribution in [0.15, 0.2) is 24.4 Å². The molecule has 1 aromatic heterocycles. The van der Waals surface area contributed by atoms with Crippen LogP contribution in [-0.4, -0.2) is 16.7 Å². The summed E-state index contributed by atoms with van der Waals surface area (Å²) in [6.45, 7) is 1.96. The maximum absolute atomic E-state index is 13.6. The fourth-order valence-corrected chi connectivity index (χ4v) is 2.11. The molecule has 2 aromatic rings. The monoisotopic (exact) mass is 261 g/mol. The van der Waals surface area contributed by atoms with Gasteiger partial charge in [-0.15, -0.1) is 0 Å². The van der Waals surface area contributed by atoms with Crippen LogP contribution in [0.2, 0.25) is 0 Å². The maximum atomic E-state index is 13.6. The van der Waals surface area contributed by atoms with Crippen molar-refractivity contribution < 1.29 is 9.13 Å². The van der Waals surface area contributed by atoms with Crippen LogP contribution in [0, 0.1) is 12.7 Å². The summed E-state index contributed by atoms with van der Waals surface area (Å²) in [7, 11) is 1.45. The molecule has 0 radical (unpaired) electrons. The highest BCUT2D eigenvalue weighted by Crippen LogP contribution is 2.38. The molecule has 1 fully saturated rings. The molecule has 0 spiro atoms. The van der Waals surface area contributed by atoms with Crippen molar-refractivity contribution in [2.75, 3.05) is 12.4 Å². The topological polar surface area (TPSA) is 39.1 Å². The molecule has 4 nitrogen and oxygen atoms in total. The van der Waals surface area contributed by atoms with Gasteiger partial charge in [0.1, 0.15) is 0 Å². The highest BCUT2D eigenvalue weighted by molar-refractivity contribution is 5.56. The minimum absolute atomic E-state index is 0.243. The molecule has 19 heavy (non-hydrogen) atoms. The van der Waals surface area contributed by atoms with Crippen LogP contribution < -0.4 is 10.1 Å². The van der Waals surface area contributed by atoms with Gasteiger partial charge in [-0.2, -0.15) is 0 Å². The first-order valence-corrected chi connectivity index (χ1v) is 6.33. The second-order valence-electron chi connectivity index (χ2n) is 4.82. The number of aromatic nitrogens is 2. The number of aryl methyl sites for hydroxylation is 1. The van der Waals surface area contributed by atoms with E-state index < -0.39 is 0 Å². The van der Waals surface area contributed by atoms with Gasteiger partial charge < -0.3 is 14.6 Å². The zero-order valence-corrected chi connectivity index (χ0v) is 11.0. The fraction of sp³-hybridized carbons (Fsp3) is 0.357. The van der Waals surface area contributed by atoms with Gasteiger partial charge in [0, 0.05) is 24.0 Å². The molecule has 1 N–H and O–H groups in total. The SMILES string of the molecule is COc1ccc(Nc2nc(C)cn2C2CC2)cc1F. The molecule has 0 aliphatic heterocycles.